The van der Waals surface area contributed by atoms with Gasteiger partial charge in [-0.05, 0) is 43.5 Å². The Morgan fingerprint density at radius 1 is 1.23 bits per heavy atom. The van der Waals surface area contributed by atoms with Crippen molar-refractivity contribution in [1.82, 2.24) is 10.6 Å². The molecular weight excluding hydrogens is 349 g/mol. The van der Waals surface area contributed by atoms with Crippen LogP contribution in [0.5, 0.6) is 11.7 Å². The summed E-state index contributed by atoms with van der Waals surface area (Å²) in [5.74, 6) is -0.151. The lowest BCUT2D eigenvalue weighted by Crippen LogP contribution is -2.42. The van der Waals surface area contributed by atoms with Crippen molar-refractivity contribution in [1.29, 1.82) is 0 Å². The summed E-state index contributed by atoms with van der Waals surface area (Å²) in [5.41, 5.74) is -0.446. The van der Waals surface area contributed by atoms with E-state index in [1.807, 2.05) is 0 Å². The SMILES string of the molecule is O=C(N[C@@H]1C[C@H]2CC[C@@H]1N2)c1ccc(Oc2cc(C(F)(F)F)co2)cc1. The second-order valence-electron chi connectivity index (χ2n) is 6.64. The highest BCUT2D eigenvalue weighted by Crippen LogP contribution is 2.34. The molecular formula is C18H17F3N2O3. The second-order valence-corrected chi connectivity index (χ2v) is 6.64. The molecule has 2 N–H and O–H groups in total. The Kier molecular flexibility index (Phi) is 4.14. The summed E-state index contributed by atoms with van der Waals surface area (Å²) in [6.07, 6.45) is -0.711. The van der Waals surface area contributed by atoms with Gasteiger partial charge in [0.2, 0.25) is 0 Å². The lowest BCUT2D eigenvalue weighted by molar-refractivity contribution is -0.137. The summed E-state index contributed by atoms with van der Waals surface area (Å²) < 4.78 is 47.6. The predicted molar refractivity (Wildman–Crippen MR) is 86.0 cm³/mol. The molecule has 3 heterocycles. The molecule has 0 saturated carbocycles. The van der Waals surface area contributed by atoms with Crippen molar-refractivity contribution < 1.29 is 27.1 Å². The molecule has 1 amide bonds. The number of amides is 1. The van der Waals surface area contributed by atoms with Gasteiger partial charge in [0.25, 0.3) is 11.9 Å². The van der Waals surface area contributed by atoms with Gasteiger partial charge in [0.1, 0.15) is 12.0 Å². The van der Waals surface area contributed by atoms with Crippen LogP contribution in [0, 0.1) is 0 Å². The molecule has 0 aliphatic carbocycles. The van der Waals surface area contributed by atoms with E-state index >= 15 is 0 Å². The molecule has 2 saturated heterocycles. The molecule has 0 unspecified atom stereocenters. The molecule has 26 heavy (non-hydrogen) atoms. The molecule has 2 bridgehead atoms. The van der Waals surface area contributed by atoms with Crippen molar-refractivity contribution >= 4 is 5.91 Å². The van der Waals surface area contributed by atoms with Gasteiger partial charge in [0, 0.05) is 29.8 Å². The Labute approximate surface area is 147 Å². The largest absolute Gasteiger partial charge is 0.433 e. The van der Waals surface area contributed by atoms with Crippen LogP contribution in [0.3, 0.4) is 0 Å². The third kappa shape index (κ3) is 3.41. The molecule has 2 aromatic rings. The van der Waals surface area contributed by atoms with Gasteiger partial charge in [-0.1, -0.05) is 0 Å². The highest BCUT2D eigenvalue weighted by molar-refractivity contribution is 5.94. The minimum Gasteiger partial charge on any atom is -0.433 e. The van der Waals surface area contributed by atoms with Gasteiger partial charge in [-0.2, -0.15) is 13.2 Å². The first-order chi connectivity index (χ1) is 12.4. The number of halogens is 3. The highest BCUT2D eigenvalue weighted by atomic mass is 19.4. The number of hydrogen-bond acceptors (Lipinski definition) is 4. The molecule has 2 fully saturated rings. The molecule has 2 aliphatic heterocycles. The third-order valence-electron chi connectivity index (χ3n) is 4.85. The van der Waals surface area contributed by atoms with Crippen molar-refractivity contribution in [3.63, 3.8) is 0 Å². The molecule has 2 aliphatic rings. The Bertz CT molecular complexity index is 801. The van der Waals surface area contributed by atoms with Gasteiger partial charge >= 0.3 is 6.18 Å². The van der Waals surface area contributed by atoms with Crippen molar-refractivity contribution in [2.45, 2.75) is 43.6 Å². The molecule has 1 aromatic heterocycles. The first-order valence-corrected chi connectivity index (χ1v) is 8.39. The zero-order valence-corrected chi connectivity index (χ0v) is 13.7. The first kappa shape index (κ1) is 17.0. The molecule has 8 heteroatoms. The van der Waals surface area contributed by atoms with Crippen molar-refractivity contribution in [2.75, 3.05) is 0 Å². The second kappa shape index (κ2) is 6.35. The summed E-state index contributed by atoms with van der Waals surface area (Å²) in [4.78, 5) is 12.3. The van der Waals surface area contributed by atoms with Gasteiger partial charge in [0.05, 0.1) is 5.56 Å². The van der Waals surface area contributed by atoms with Crippen LogP contribution in [0.15, 0.2) is 41.0 Å². The number of fused-ring (bicyclic) bond motifs is 2. The van der Waals surface area contributed by atoms with Crippen LogP contribution >= 0.6 is 0 Å². The van der Waals surface area contributed by atoms with Gasteiger partial charge < -0.3 is 19.8 Å². The van der Waals surface area contributed by atoms with Crippen LogP contribution in [0.2, 0.25) is 0 Å². The maximum Gasteiger partial charge on any atom is 0.419 e. The molecule has 138 valence electrons. The summed E-state index contributed by atoms with van der Waals surface area (Å²) in [7, 11) is 0. The normalized spacial score (nSPS) is 24.7. The molecule has 0 spiro atoms. The van der Waals surface area contributed by atoms with E-state index in [1.54, 1.807) is 12.1 Å². The van der Waals surface area contributed by atoms with E-state index < -0.39 is 11.7 Å². The van der Waals surface area contributed by atoms with Crippen LogP contribution < -0.4 is 15.4 Å². The molecule has 5 nitrogen and oxygen atoms in total. The maximum absolute atomic E-state index is 12.5. The van der Waals surface area contributed by atoms with Crippen LogP contribution in [-0.4, -0.2) is 24.0 Å². The van der Waals surface area contributed by atoms with E-state index in [1.165, 1.54) is 12.1 Å². The number of alkyl halides is 3. The Balaban J connectivity index is 1.37. The minimum atomic E-state index is -4.48. The van der Waals surface area contributed by atoms with Gasteiger partial charge in [-0.25, -0.2) is 0 Å². The number of hydrogen-bond donors (Lipinski definition) is 2. The topological polar surface area (TPSA) is 63.5 Å². The zero-order chi connectivity index (χ0) is 18.3. The van der Waals surface area contributed by atoms with Crippen molar-refractivity contribution in [3.05, 3.63) is 47.7 Å². The quantitative estimate of drug-likeness (QED) is 0.866. The first-order valence-electron chi connectivity index (χ1n) is 8.39. The Morgan fingerprint density at radius 3 is 2.58 bits per heavy atom. The van der Waals surface area contributed by atoms with E-state index in [2.05, 4.69) is 10.6 Å². The van der Waals surface area contributed by atoms with E-state index in [9.17, 15) is 18.0 Å². The highest BCUT2D eigenvalue weighted by Gasteiger charge is 2.39. The van der Waals surface area contributed by atoms with E-state index in [4.69, 9.17) is 9.15 Å². The maximum atomic E-state index is 12.5. The van der Waals surface area contributed by atoms with Crippen molar-refractivity contribution in [3.8, 4) is 11.7 Å². The van der Waals surface area contributed by atoms with Gasteiger partial charge in [-0.3, -0.25) is 4.79 Å². The van der Waals surface area contributed by atoms with E-state index in [0.29, 0.717) is 23.9 Å². The molecule has 1 aromatic carbocycles. The predicted octanol–water partition coefficient (Wildman–Crippen LogP) is 3.71. The fourth-order valence-corrected chi connectivity index (χ4v) is 3.54. The zero-order valence-electron chi connectivity index (χ0n) is 13.7. The Morgan fingerprint density at radius 2 is 2.00 bits per heavy atom. The lowest BCUT2D eigenvalue weighted by Gasteiger charge is -2.21. The van der Waals surface area contributed by atoms with Gasteiger partial charge in [0.15, 0.2) is 0 Å². The van der Waals surface area contributed by atoms with Crippen LogP contribution in [0.1, 0.15) is 35.2 Å². The van der Waals surface area contributed by atoms with Crippen LogP contribution in [0.4, 0.5) is 13.2 Å². The number of ether oxygens (including phenoxy) is 1. The number of rotatable bonds is 4. The summed E-state index contributed by atoms with van der Waals surface area (Å²) in [6.45, 7) is 0. The number of nitrogens with one attached hydrogen (secondary N) is 2. The number of carbonyl (C=O) groups is 1. The third-order valence-corrected chi connectivity index (χ3v) is 4.85. The lowest BCUT2D eigenvalue weighted by atomic mass is 9.95. The molecule has 0 radical (unpaired) electrons. The summed E-state index contributed by atoms with van der Waals surface area (Å²) >= 11 is 0. The molecule has 3 atom stereocenters. The van der Waals surface area contributed by atoms with Crippen LogP contribution in [-0.2, 0) is 6.18 Å². The monoisotopic (exact) mass is 366 g/mol. The van der Waals surface area contributed by atoms with Crippen molar-refractivity contribution in [2.24, 2.45) is 0 Å². The average molecular weight is 366 g/mol. The number of benzene rings is 1. The Hall–Kier alpha value is -2.48. The smallest absolute Gasteiger partial charge is 0.419 e. The number of carbonyl (C=O) groups excluding carboxylic acids is 1. The van der Waals surface area contributed by atoms with E-state index in [-0.39, 0.29) is 23.6 Å². The fraction of sp³-hybridized carbons (Fsp3) is 0.389. The fourth-order valence-electron chi connectivity index (χ4n) is 3.54. The van der Waals surface area contributed by atoms with Gasteiger partial charge in [-0.15, -0.1) is 0 Å². The summed E-state index contributed by atoms with van der Waals surface area (Å²) in [6, 6.07) is 7.93. The number of furan rings is 1. The van der Waals surface area contributed by atoms with E-state index in [0.717, 1.165) is 25.3 Å². The standard InChI is InChI=1S/C18H17F3N2O3/c19-18(20,21)11-7-16(25-9-11)26-13-4-1-10(2-5-13)17(24)23-15-8-12-3-6-14(15)22-12/h1-2,4-5,7,9,12,14-15,22H,3,6,8H2,(H,23,24)/t12-,14+,15-/m1/s1. The summed E-state index contributed by atoms with van der Waals surface area (Å²) in [5, 5.41) is 6.49. The molecule has 4 rings (SSSR count). The minimum absolute atomic E-state index is 0.140. The van der Waals surface area contributed by atoms with Crippen LogP contribution in [0.25, 0.3) is 0 Å². The average Bonchev–Trinajstić information content (AvgIpc) is 3.31.